The minimum Gasteiger partial charge on any atom is -0.464 e. The normalized spacial score (nSPS) is 29.6. The van der Waals surface area contributed by atoms with Crippen LogP contribution in [0.25, 0.3) is 11.1 Å². The minimum atomic E-state index is -0.333. The summed E-state index contributed by atoms with van der Waals surface area (Å²) in [4.78, 5) is 0. The van der Waals surface area contributed by atoms with E-state index in [9.17, 15) is 0 Å². The highest BCUT2D eigenvalue weighted by Crippen LogP contribution is 2.58. The number of hydrogen-bond donors (Lipinski definition) is 0. The summed E-state index contributed by atoms with van der Waals surface area (Å²) >= 11 is 0. The smallest absolute Gasteiger partial charge is 0.211 e. The second-order valence-corrected chi connectivity index (χ2v) is 12.2. The summed E-state index contributed by atoms with van der Waals surface area (Å²) in [6, 6.07) is 26.5. The van der Waals surface area contributed by atoms with Crippen LogP contribution in [0.4, 0.5) is 0 Å². The quantitative estimate of drug-likeness (QED) is 0.316. The van der Waals surface area contributed by atoms with Crippen molar-refractivity contribution in [2.24, 2.45) is 17.8 Å². The summed E-state index contributed by atoms with van der Waals surface area (Å²) in [6.07, 6.45) is 8.69. The lowest BCUT2D eigenvalue weighted by molar-refractivity contribution is -0.235. The van der Waals surface area contributed by atoms with Crippen LogP contribution in [0.1, 0.15) is 87.3 Å². The van der Waals surface area contributed by atoms with E-state index in [1.807, 2.05) is 0 Å². The van der Waals surface area contributed by atoms with E-state index in [0.29, 0.717) is 5.92 Å². The van der Waals surface area contributed by atoms with Gasteiger partial charge in [0.2, 0.25) is 6.29 Å². The highest BCUT2D eigenvalue weighted by molar-refractivity contribution is 5.79. The van der Waals surface area contributed by atoms with Gasteiger partial charge in [0, 0.05) is 0 Å². The molecule has 0 N–H and O–H groups in total. The summed E-state index contributed by atoms with van der Waals surface area (Å²) in [5, 5.41) is 0. The van der Waals surface area contributed by atoms with Gasteiger partial charge < -0.3 is 9.47 Å². The molecule has 3 aromatic carbocycles. The van der Waals surface area contributed by atoms with Gasteiger partial charge >= 0.3 is 0 Å². The zero-order chi connectivity index (χ0) is 24.3. The third-order valence-corrected chi connectivity index (χ3v) is 9.82. The molecule has 5 aliphatic carbocycles. The lowest BCUT2D eigenvalue weighted by Crippen LogP contribution is -2.54. The fraction of sp³-hybridized carbons (Fsp3) is 0.471. The fourth-order valence-corrected chi connectivity index (χ4v) is 8.31. The predicted octanol–water partition coefficient (Wildman–Crippen LogP) is 8.70. The van der Waals surface area contributed by atoms with Gasteiger partial charge in [0.25, 0.3) is 0 Å². The molecule has 0 saturated heterocycles. The van der Waals surface area contributed by atoms with Crippen molar-refractivity contribution in [1.82, 2.24) is 0 Å². The third kappa shape index (κ3) is 3.80. The van der Waals surface area contributed by atoms with Gasteiger partial charge in [0.15, 0.2) is 0 Å². The molecule has 4 saturated carbocycles. The Labute approximate surface area is 216 Å². The van der Waals surface area contributed by atoms with Crippen molar-refractivity contribution in [3.8, 4) is 16.9 Å². The molecule has 2 nitrogen and oxygen atoms in total. The molecule has 3 aromatic rings. The average molecular weight is 479 g/mol. The number of hydrogen-bond acceptors (Lipinski definition) is 2. The Hall–Kier alpha value is -2.58. The molecule has 0 aliphatic heterocycles. The number of rotatable bonds is 7. The number of benzene rings is 3. The lowest BCUT2D eigenvalue weighted by Gasteiger charge is -2.57. The van der Waals surface area contributed by atoms with Crippen molar-refractivity contribution >= 4 is 0 Å². The van der Waals surface area contributed by atoms with Gasteiger partial charge in [0.05, 0.1) is 11.5 Å². The van der Waals surface area contributed by atoms with E-state index in [0.717, 1.165) is 29.9 Å². The van der Waals surface area contributed by atoms with Gasteiger partial charge in [-0.2, -0.15) is 0 Å². The highest BCUT2D eigenvalue weighted by atomic mass is 16.7. The van der Waals surface area contributed by atoms with Crippen molar-refractivity contribution in [2.45, 2.75) is 82.5 Å². The summed E-state index contributed by atoms with van der Waals surface area (Å²) in [5.74, 6) is 4.09. The van der Waals surface area contributed by atoms with Crippen LogP contribution in [0.15, 0.2) is 72.8 Å². The van der Waals surface area contributed by atoms with E-state index in [2.05, 4.69) is 86.6 Å². The molecule has 0 spiro atoms. The first-order valence-corrected chi connectivity index (χ1v) is 14.2. The van der Waals surface area contributed by atoms with Crippen molar-refractivity contribution in [3.05, 3.63) is 89.5 Å². The first-order valence-electron chi connectivity index (χ1n) is 14.2. The predicted molar refractivity (Wildman–Crippen MR) is 145 cm³/mol. The molecule has 0 amide bonds. The first-order chi connectivity index (χ1) is 17.6. The Morgan fingerprint density at radius 1 is 0.750 bits per heavy atom. The Balaban J connectivity index is 1.27. The SMILES string of the molecule is CCC(C)c1ccc(OC(OC23CC4CC(CC(C4)C2)C3)C2c3ccccc3-c3ccccc32)cc1. The molecule has 186 valence electrons. The van der Waals surface area contributed by atoms with Gasteiger partial charge in [-0.1, -0.05) is 74.5 Å². The number of ether oxygens (including phenoxy) is 2. The zero-order valence-corrected chi connectivity index (χ0v) is 21.7. The van der Waals surface area contributed by atoms with Crippen LogP contribution in [0.2, 0.25) is 0 Å². The monoisotopic (exact) mass is 478 g/mol. The van der Waals surface area contributed by atoms with Crippen LogP contribution >= 0.6 is 0 Å². The topological polar surface area (TPSA) is 18.5 Å². The van der Waals surface area contributed by atoms with Crippen LogP contribution < -0.4 is 4.74 Å². The Bertz CT molecular complexity index is 1160. The van der Waals surface area contributed by atoms with Crippen molar-refractivity contribution < 1.29 is 9.47 Å². The minimum absolute atomic E-state index is 0.0252. The molecule has 0 heterocycles. The van der Waals surface area contributed by atoms with Crippen molar-refractivity contribution in [3.63, 3.8) is 0 Å². The molecule has 5 aliphatic rings. The molecule has 0 radical (unpaired) electrons. The lowest BCUT2D eigenvalue weighted by atomic mass is 9.54. The molecule has 0 aromatic heterocycles. The molecule has 8 rings (SSSR count). The maximum atomic E-state index is 7.33. The maximum Gasteiger partial charge on any atom is 0.211 e. The second kappa shape index (κ2) is 8.77. The van der Waals surface area contributed by atoms with Crippen molar-refractivity contribution in [2.75, 3.05) is 0 Å². The maximum absolute atomic E-state index is 7.33. The van der Waals surface area contributed by atoms with Gasteiger partial charge in [-0.05, 0) is 109 Å². The van der Waals surface area contributed by atoms with Crippen LogP contribution in [-0.4, -0.2) is 11.9 Å². The van der Waals surface area contributed by atoms with Crippen LogP contribution in [-0.2, 0) is 4.74 Å². The Morgan fingerprint density at radius 2 is 1.28 bits per heavy atom. The van der Waals surface area contributed by atoms with Crippen LogP contribution in [0.3, 0.4) is 0 Å². The molecular weight excluding hydrogens is 440 g/mol. The summed E-state index contributed by atoms with van der Waals surface area (Å²) in [6.45, 7) is 4.54. The van der Waals surface area contributed by atoms with E-state index in [1.165, 1.54) is 66.3 Å². The number of fused-ring (bicyclic) bond motifs is 3. The van der Waals surface area contributed by atoms with E-state index < -0.39 is 0 Å². The van der Waals surface area contributed by atoms with E-state index in [-0.39, 0.29) is 17.8 Å². The highest BCUT2D eigenvalue weighted by Gasteiger charge is 2.54. The van der Waals surface area contributed by atoms with Gasteiger partial charge in [-0.3, -0.25) is 0 Å². The van der Waals surface area contributed by atoms with E-state index in [1.54, 1.807) is 0 Å². The molecule has 2 atom stereocenters. The fourth-order valence-electron chi connectivity index (χ4n) is 8.31. The largest absolute Gasteiger partial charge is 0.464 e. The first kappa shape index (κ1) is 22.6. The summed E-state index contributed by atoms with van der Waals surface area (Å²) in [5.41, 5.74) is 6.68. The third-order valence-electron chi connectivity index (χ3n) is 9.82. The van der Waals surface area contributed by atoms with E-state index in [4.69, 9.17) is 9.47 Å². The molecule has 36 heavy (non-hydrogen) atoms. The summed E-state index contributed by atoms with van der Waals surface area (Å²) in [7, 11) is 0. The van der Waals surface area contributed by atoms with Gasteiger partial charge in [-0.15, -0.1) is 0 Å². The Morgan fingerprint density at radius 3 is 1.81 bits per heavy atom. The average Bonchev–Trinajstić information content (AvgIpc) is 3.22. The molecule has 4 fully saturated rings. The second-order valence-electron chi connectivity index (χ2n) is 12.2. The zero-order valence-electron chi connectivity index (χ0n) is 21.7. The molecule has 2 heteroatoms. The molecule has 4 bridgehead atoms. The van der Waals surface area contributed by atoms with Crippen molar-refractivity contribution in [1.29, 1.82) is 0 Å². The van der Waals surface area contributed by atoms with E-state index >= 15 is 0 Å². The van der Waals surface area contributed by atoms with Gasteiger partial charge in [0.1, 0.15) is 5.75 Å². The van der Waals surface area contributed by atoms with Crippen LogP contribution in [0, 0.1) is 17.8 Å². The standard InChI is InChI=1S/C34H38O2/c1-3-22(2)26-12-14-27(15-13-26)35-33(36-34-19-23-16-24(20-34)18-25(17-23)21-34)32-30-10-6-4-8-28(30)29-9-5-7-11-31(29)32/h4-15,22-25,32-33H,3,16-21H2,1-2H3. The van der Waals surface area contributed by atoms with Crippen LogP contribution in [0.5, 0.6) is 5.75 Å². The van der Waals surface area contributed by atoms with Gasteiger partial charge in [-0.25, -0.2) is 0 Å². The Kier molecular flexibility index (Phi) is 5.51. The molecular formula is C34H38O2. The molecule has 2 unspecified atom stereocenters. The summed E-state index contributed by atoms with van der Waals surface area (Å²) < 4.78 is 14.2.